The molecule has 3 aromatic carbocycles. The molecule has 4 aromatic rings. The van der Waals surface area contributed by atoms with E-state index in [-0.39, 0.29) is 24.5 Å². The molecule has 0 aliphatic rings. The van der Waals surface area contributed by atoms with E-state index in [1.54, 1.807) is 26.4 Å². The van der Waals surface area contributed by atoms with Gasteiger partial charge in [-0.3, -0.25) is 9.59 Å². The molecule has 0 bridgehead atoms. The van der Waals surface area contributed by atoms with Crippen molar-refractivity contribution < 1.29 is 42.1 Å². The number of nitrogens with two attached hydrogens (primary N) is 1. The van der Waals surface area contributed by atoms with Crippen molar-refractivity contribution in [3.8, 4) is 11.5 Å². The fraction of sp³-hybridized carbons (Fsp3) is 0.294. The minimum absolute atomic E-state index is 0.133. The number of aliphatic carboxylic acids is 1. The summed E-state index contributed by atoms with van der Waals surface area (Å²) >= 11 is 0. The fourth-order valence-electron chi connectivity index (χ4n) is 4.54. The van der Waals surface area contributed by atoms with Gasteiger partial charge in [-0.1, -0.05) is 30.3 Å². The van der Waals surface area contributed by atoms with Gasteiger partial charge in [-0.05, 0) is 68.1 Å². The van der Waals surface area contributed by atoms with Gasteiger partial charge in [0.1, 0.15) is 11.9 Å². The number of fused-ring (bicyclic) bond motifs is 1. The van der Waals surface area contributed by atoms with Gasteiger partial charge in [0.2, 0.25) is 5.91 Å². The van der Waals surface area contributed by atoms with E-state index in [0.29, 0.717) is 46.3 Å². The zero-order valence-corrected chi connectivity index (χ0v) is 27.1. The normalized spacial score (nSPS) is 11.6. The third-order valence-corrected chi connectivity index (χ3v) is 6.69. The number of pyridine rings is 1. The van der Waals surface area contributed by atoms with Crippen LogP contribution in [0.4, 0.5) is 24.7 Å². The molecule has 14 heteroatoms. The van der Waals surface area contributed by atoms with E-state index in [1.165, 1.54) is 4.90 Å². The summed E-state index contributed by atoms with van der Waals surface area (Å²) in [6, 6.07) is 19.5. The average molecular weight is 670 g/mol. The van der Waals surface area contributed by atoms with Crippen LogP contribution in [0.5, 0.6) is 11.5 Å². The van der Waals surface area contributed by atoms with Crippen molar-refractivity contribution in [2.45, 2.75) is 45.6 Å². The lowest BCUT2D eigenvalue weighted by atomic mass is 10.0. The van der Waals surface area contributed by atoms with Crippen LogP contribution in [0.1, 0.15) is 48.3 Å². The van der Waals surface area contributed by atoms with Gasteiger partial charge in [0.05, 0.1) is 12.7 Å². The Balaban J connectivity index is 0.000000804. The summed E-state index contributed by atoms with van der Waals surface area (Å²) in [6.45, 7) is 6.36. The molecular weight excluding hydrogens is 631 g/mol. The van der Waals surface area contributed by atoms with E-state index in [1.807, 2.05) is 81.4 Å². The van der Waals surface area contributed by atoms with Crippen molar-refractivity contribution in [1.82, 2.24) is 15.2 Å². The first kappa shape index (κ1) is 36.9. The summed E-state index contributed by atoms with van der Waals surface area (Å²) in [5, 5.41) is 15.3. The van der Waals surface area contributed by atoms with Crippen LogP contribution in [-0.2, 0) is 16.1 Å². The lowest BCUT2D eigenvalue weighted by Crippen LogP contribution is -2.34. The Kier molecular flexibility index (Phi) is 12.6. The number of rotatable bonds is 11. The van der Waals surface area contributed by atoms with Crippen molar-refractivity contribution in [3.63, 3.8) is 0 Å². The molecule has 0 saturated carbocycles. The highest BCUT2D eigenvalue weighted by molar-refractivity contribution is 5.96. The molecule has 1 unspecified atom stereocenters. The van der Waals surface area contributed by atoms with Gasteiger partial charge in [-0.15, -0.1) is 0 Å². The number of benzene rings is 3. The summed E-state index contributed by atoms with van der Waals surface area (Å²) in [5.41, 5.74) is 8.63. The van der Waals surface area contributed by atoms with Crippen LogP contribution in [0.3, 0.4) is 0 Å². The van der Waals surface area contributed by atoms with Gasteiger partial charge in [0.25, 0.3) is 5.91 Å². The maximum Gasteiger partial charge on any atom is 0.490 e. The molecule has 48 heavy (non-hydrogen) atoms. The molecule has 0 fully saturated rings. The standard InChI is InChI=1S/C32H37N5O4.C2HF3O2/c1-6-40-27-13-9-12-26(29(27)41-20(2)3)28(36-23-14-15-24-21(18-23)16-17-34-30(24)33)31(38)35-19-22-10-7-8-11-25(22)32(39)37(4)5;3-2(4,5)1(6)7/h7-18,20,28,36H,6,19H2,1-5H3,(H2,33,34)(H,35,38);(H,6,7). The number of hydrogen-bond acceptors (Lipinski definition) is 8. The van der Waals surface area contributed by atoms with Gasteiger partial charge in [-0.25, -0.2) is 9.78 Å². The second kappa shape index (κ2) is 16.3. The number of amides is 2. The molecule has 5 N–H and O–H groups in total. The van der Waals surface area contributed by atoms with Crippen molar-refractivity contribution in [2.75, 3.05) is 31.8 Å². The molecule has 1 heterocycles. The van der Waals surface area contributed by atoms with Crippen molar-refractivity contribution in [1.29, 1.82) is 0 Å². The molecule has 0 spiro atoms. The monoisotopic (exact) mass is 669 g/mol. The number of aromatic nitrogens is 1. The maximum absolute atomic E-state index is 14.0. The number of nitrogens with zero attached hydrogens (tertiary/aromatic N) is 2. The topological polar surface area (TPSA) is 156 Å². The highest BCUT2D eigenvalue weighted by atomic mass is 19.4. The lowest BCUT2D eigenvalue weighted by Gasteiger charge is -2.25. The Morgan fingerprint density at radius 1 is 1.02 bits per heavy atom. The zero-order chi connectivity index (χ0) is 35.6. The number of para-hydroxylation sites is 1. The summed E-state index contributed by atoms with van der Waals surface area (Å²) in [7, 11) is 3.40. The summed E-state index contributed by atoms with van der Waals surface area (Å²) in [6.07, 6.45) is -3.59. The third-order valence-electron chi connectivity index (χ3n) is 6.69. The van der Waals surface area contributed by atoms with Gasteiger partial charge in [-0.2, -0.15) is 13.2 Å². The van der Waals surface area contributed by atoms with Crippen LogP contribution in [0.25, 0.3) is 10.8 Å². The molecular formula is C34H38F3N5O6. The van der Waals surface area contributed by atoms with Crippen LogP contribution >= 0.6 is 0 Å². The van der Waals surface area contributed by atoms with E-state index >= 15 is 0 Å². The van der Waals surface area contributed by atoms with Crippen molar-refractivity contribution >= 4 is 40.1 Å². The van der Waals surface area contributed by atoms with Gasteiger partial charge in [0, 0.05) is 49.0 Å². The summed E-state index contributed by atoms with van der Waals surface area (Å²) < 4.78 is 43.8. The van der Waals surface area contributed by atoms with Crippen LogP contribution in [0.15, 0.2) is 72.9 Å². The van der Waals surface area contributed by atoms with Gasteiger partial charge >= 0.3 is 12.1 Å². The summed E-state index contributed by atoms with van der Waals surface area (Å²) in [5.74, 6) is -1.70. The summed E-state index contributed by atoms with van der Waals surface area (Å²) in [4.78, 5) is 41.3. The lowest BCUT2D eigenvalue weighted by molar-refractivity contribution is -0.192. The number of halogens is 3. The van der Waals surface area contributed by atoms with E-state index in [9.17, 15) is 22.8 Å². The van der Waals surface area contributed by atoms with Crippen molar-refractivity contribution in [3.05, 3.63) is 89.6 Å². The molecule has 0 aliphatic heterocycles. The SMILES string of the molecule is CCOc1cccc(C(Nc2ccc3c(N)nccc3c2)C(=O)NCc2ccccc2C(=O)N(C)C)c1OC(C)C.O=C(O)C(F)(F)F. The second-order valence-corrected chi connectivity index (χ2v) is 10.9. The highest BCUT2D eigenvalue weighted by Gasteiger charge is 2.38. The van der Waals surface area contributed by atoms with E-state index < -0.39 is 18.2 Å². The molecule has 2 amide bonds. The quantitative estimate of drug-likeness (QED) is 0.155. The number of carboxylic acid groups (broad SMARTS) is 1. The number of nitrogens with one attached hydrogen (secondary N) is 2. The fourth-order valence-corrected chi connectivity index (χ4v) is 4.54. The van der Waals surface area contributed by atoms with Crippen LogP contribution < -0.4 is 25.8 Å². The number of carboxylic acids is 1. The van der Waals surface area contributed by atoms with E-state index in [0.717, 1.165) is 10.8 Å². The van der Waals surface area contributed by atoms with Crippen LogP contribution in [0.2, 0.25) is 0 Å². The first-order valence-electron chi connectivity index (χ1n) is 14.8. The first-order valence-corrected chi connectivity index (χ1v) is 14.8. The smallest absolute Gasteiger partial charge is 0.490 e. The first-order chi connectivity index (χ1) is 22.6. The average Bonchev–Trinajstić information content (AvgIpc) is 3.03. The number of ether oxygens (including phenoxy) is 2. The van der Waals surface area contributed by atoms with Gasteiger partial charge in [0.15, 0.2) is 11.5 Å². The zero-order valence-electron chi connectivity index (χ0n) is 27.1. The number of carbonyl (C=O) groups is 3. The molecule has 0 radical (unpaired) electrons. The number of hydrogen-bond donors (Lipinski definition) is 4. The number of nitrogen functional groups attached to an aromatic ring is 1. The van der Waals surface area contributed by atoms with Crippen molar-refractivity contribution in [2.24, 2.45) is 0 Å². The Morgan fingerprint density at radius 3 is 2.33 bits per heavy atom. The Bertz CT molecular complexity index is 1750. The van der Waals surface area contributed by atoms with Crippen LogP contribution in [-0.4, -0.2) is 65.8 Å². The Hall–Kier alpha value is -5.53. The van der Waals surface area contributed by atoms with E-state index in [4.69, 9.17) is 25.1 Å². The maximum atomic E-state index is 14.0. The number of anilines is 2. The molecule has 256 valence electrons. The Labute approximate surface area is 275 Å². The predicted molar refractivity (Wildman–Crippen MR) is 176 cm³/mol. The second-order valence-electron chi connectivity index (χ2n) is 10.9. The Morgan fingerprint density at radius 2 is 1.71 bits per heavy atom. The minimum Gasteiger partial charge on any atom is -0.490 e. The predicted octanol–water partition coefficient (Wildman–Crippen LogP) is 5.81. The molecule has 1 aromatic heterocycles. The minimum atomic E-state index is -5.08. The third kappa shape index (κ3) is 9.74. The van der Waals surface area contributed by atoms with Crippen LogP contribution in [0, 0.1) is 0 Å². The highest BCUT2D eigenvalue weighted by Crippen LogP contribution is 2.38. The molecule has 4 rings (SSSR count). The largest absolute Gasteiger partial charge is 0.490 e. The van der Waals surface area contributed by atoms with Gasteiger partial charge < -0.3 is 35.8 Å². The molecule has 1 atom stereocenters. The molecule has 0 aliphatic carbocycles. The molecule has 0 saturated heterocycles. The number of carbonyl (C=O) groups excluding carboxylic acids is 2. The molecule has 11 nitrogen and oxygen atoms in total. The van der Waals surface area contributed by atoms with E-state index in [2.05, 4.69) is 15.6 Å². The number of alkyl halides is 3.